The second kappa shape index (κ2) is 7.40. The molecule has 1 saturated heterocycles. The number of nitrogens with zero attached hydrogens (tertiary/aromatic N) is 1. The molecule has 0 unspecified atom stereocenters. The Bertz CT molecular complexity index is 189. The molecule has 0 bridgehead atoms. The van der Waals surface area contributed by atoms with Crippen LogP contribution in [0.15, 0.2) is 0 Å². The lowest BCUT2D eigenvalue weighted by Gasteiger charge is -2.31. The van der Waals surface area contributed by atoms with E-state index in [2.05, 4.69) is 4.57 Å². The van der Waals surface area contributed by atoms with E-state index in [1.54, 1.807) is 14.2 Å². The highest BCUT2D eigenvalue weighted by atomic mass is 28.4. The van der Waals surface area contributed by atoms with Crippen LogP contribution >= 0.6 is 0 Å². The summed E-state index contributed by atoms with van der Waals surface area (Å²) in [4.78, 5) is 0. The minimum Gasteiger partial charge on any atom is -0.386 e. The van der Waals surface area contributed by atoms with Gasteiger partial charge in [-0.05, 0) is 38.9 Å². The van der Waals surface area contributed by atoms with Gasteiger partial charge in [0, 0.05) is 20.3 Å². The van der Waals surface area contributed by atoms with E-state index in [1.807, 2.05) is 0 Å². The van der Waals surface area contributed by atoms with Gasteiger partial charge >= 0.3 is 8.72 Å². The molecule has 5 heteroatoms. The van der Waals surface area contributed by atoms with Gasteiger partial charge in [-0.3, -0.25) is 4.57 Å². The molecule has 0 radical (unpaired) electrons. The predicted molar refractivity (Wildman–Crippen MR) is 68.3 cm³/mol. The first-order chi connectivity index (χ1) is 7.79. The van der Waals surface area contributed by atoms with Crippen molar-refractivity contribution < 1.29 is 8.85 Å². The summed E-state index contributed by atoms with van der Waals surface area (Å²) in [6, 6.07) is 1.11. The Hall–Kier alpha value is 0.0569. The van der Waals surface area contributed by atoms with Crippen LogP contribution in [0, 0.1) is 0 Å². The number of nitrogens with two attached hydrogens (primary N) is 1. The highest BCUT2D eigenvalue weighted by Gasteiger charge is 2.46. The Labute approximate surface area is 100 Å². The molecule has 1 aliphatic rings. The van der Waals surface area contributed by atoms with Crippen LogP contribution in [0.2, 0.25) is 6.04 Å². The number of hydrogen-bond donors (Lipinski definition) is 1. The fourth-order valence-corrected chi connectivity index (χ4v) is 5.46. The Balaban J connectivity index is 2.24. The number of hydrogen-bond acceptors (Lipinski definition) is 4. The molecule has 0 aromatic heterocycles. The van der Waals surface area contributed by atoms with E-state index < -0.39 is 8.72 Å². The van der Waals surface area contributed by atoms with E-state index in [0.29, 0.717) is 0 Å². The average molecular weight is 246 g/mol. The molecule has 4 nitrogen and oxygen atoms in total. The number of unbranched alkanes of at least 4 members (excludes halogenated alkanes) is 3. The molecular formula is C11H26N2O2Si. The van der Waals surface area contributed by atoms with E-state index in [1.165, 1.54) is 25.7 Å². The zero-order valence-electron chi connectivity index (χ0n) is 10.7. The summed E-state index contributed by atoms with van der Waals surface area (Å²) in [6.07, 6.45) is 6.12. The van der Waals surface area contributed by atoms with Gasteiger partial charge in [0.25, 0.3) is 0 Å². The third kappa shape index (κ3) is 3.53. The van der Waals surface area contributed by atoms with Crippen LogP contribution in [0.5, 0.6) is 0 Å². The smallest absolute Gasteiger partial charge is 0.386 e. The van der Waals surface area contributed by atoms with Crippen molar-refractivity contribution in [1.29, 1.82) is 0 Å². The second-order valence-electron chi connectivity index (χ2n) is 4.41. The van der Waals surface area contributed by atoms with Crippen molar-refractivity contribution in [3.8, 4) is 0 Å². The van der Waals surface area contributed by atoms with Crippen molar-refractivity contribution in [2.45, 2.75) is 38.1 Å². The normalized spacial score (nSPS) is 20.4. The first-order valence-corrected chi connectivity index (χ1v) is 8.31. The molecule has 0 atom stereocenters. The van der Waals surface area contributed by atoms with Gasteiger partial charge in [0.15, 0.2) is 0 Å². The summed E-state index contributed by atoms with van der Waals surface area (Å²) < 4.78 is 13.8. The summed E-state index contributed by atoms with van der Waals surface area (Å²) in [5.74, 6) is 0. The van der Waals surface area contributed by atoms with E-state index in [0.717, 1.165) is 32.1 Å². The predicted octanol–water partition coefficient (Wildman–Crippen LogP) is 1.44. The summed E-state index contributed by atoms with van der Waals surface area (Å²) in [7, 11) is 1.62. The summed E-state index contributed by atoms with van der Waals surface area (Å²) in [5, 5.41) is 0. The topological polar surface area (TPSA) is 47.7 Å². The van der Waals surface area contributed by atoms with Gasteiger partial charge in [0.2, 0.25) is 0 Å². The monoisotopic (exact) mass is 246 g/mol. The molecule has 16 heavy (non-hydrogen) atoms. The van der Waals surface area contributed by atoms with Crippen molar-refractivity contribution in [3.05, 3.63) is 0 Å². The molecule has 0 amide bonds. The summed E-state index contributed by atoms with van der Waals surface area (Å²) >= 11 is 0. The molecule has 0 aliphatic carbocycles. The van der Waals surface area contributed by atoms with Gasteiger partial charge in [0.05, 0.1) is 0 Å². The average Bonchev–Trinajstić information content (AvgIpc) is 2.72. The fourth-order valence-electron chi connectivity index (χ4n) is 2.45. The minimum absolute atomic E-state index is 0.818. The maximum Gasteiger partial charge on any atom is 0.427 e. The van der Waals surface area contributed by atoms with Crippen LogP contribution in [0.25, 0.3) is 0 Å². The van der Waals surface area contributed by atoms with Crippen molar-refractivity contribution in [2.75, 3.05) is 33.9 Å². The van der Waals surface area contributed by atoms with Crippen LogP contribution < -0.4 is 5.73 Å². The van der Waals surface area contributed by atoms with Crippen molar-refractivity contribution in [1.82, 2.24) is 4.57 Å². The summed E-state index contributed by atoms with van der Waals surface area (Å²) in [6.45, 7) is 3.09. The third-order valence-electron chi connectivity index (χ3n) is 3.42. The zero-order valence-corrected chi connectivity index (χ0v) is 11.7. The van der Waals surface area contributed by atoms with Gasteiger partial charge in [-0.25, -0.2) is 0 Å². The van der Waals surface area contributed by atoms with Gasteiger partial charge in [-0.1, -0.05) is 12.8 Å². The molecule has 0 aromatic carbocycles. The Kier molecular flexibility index (Phi) is 6.53. The maximum atomic E-state index is 5.66. The van der Waals surface area contributed by atoms with E-state index in [9.17, 15) is 0 Å². The molecule has 0 spiro atoms. The standard InChI is InChI=1S/C11H26N2O2Si/c1-14-16(15-2)11-7-10-13(16)9-6-4-3-5-8-12/h3-12H2,1-2H3. The highest BCUT2D eigenvalue weighted by molar-refractivity contribution is 6.65. The lowest BCUT2D eigenvalue weighted by molar-refractivity contribution is 0.181. The van der Waals surface area contributed by atoms with E-state index in [-0.39, 0.29) is 0 Å². The van der Waals surface area contributed by atoms with Gasteiger partial charge < -0.3 is 14.6 Å². The van der Waals surface area contributed by atoms with Crippen LogP contribution in [0.1, 0.15) is 32.1 Å². The molecule has 1 aliphatic heterocycles. The molecule has 2 N–H and O–H groups in total. The Morgan fingerprint density at radius 1 is 1.12 bits per heavy atom. The van der Waals surface area contributed by atoms with Crippen LogP contribution in [0.4, 0.5) is 0 Å². The third-order valence-corrected chi connectivity index (χ3v) is 7.09. The lowest BCUT2D eigenvalue weighted by atomic mass is 10.2. The molecule has 1 rings (SSSR count). The Morgan fingerprint density at radius 3 is 2.44 bits per heavy atom. The fraction of sp³-hybridized carbons (Fsp3) is 1.00. The largest absolute Gasteiger partial charge is 0.427 e. The molecule has 96 valence electrons. The van der Waals surface area contributed by atoms with Crippen molar-refractivity contribution in [3.63, 3.8) is 0 Å². The van der Waals surface area contributed by atoms with Crippen LogP contribution in [-0.4, -0.2) is 47.1 Å². The molecule has 0 aromatic rings. The first-order valence-electron chi connectivity index (χ1n) is 6.34. The van der Waals surface area contributed by atoms with Gasteiger partial charge in [-0.15, -0.1) is 0 Å². The molecule has 1 heterocycles. The van der Waals surface area contributed by atoms with Crippen molar-refractivity contribution in [2.24, 2.45) is 5.73 Å². The van der Waals surface area contributed by atoms with E-state index >= 15 is 0 Å². The van der Waals surface area contributed by atoms with Gasteiger partial charge in [0.1, 0.15) is 0 Å². The SMILES string of the molecule is CO[Si]1(OC)CCCN1CCCCCCN. The van der Waals surface area contributed by atoms with Crippen LogP contribution in [0.3, 0.4) is 0 Å². The quantitative estimate of drug-likeness (QED) is 0.520. The van der Waals surface area contributed by atoms with Crippen molar-refractivity contribution >= 4 is 8.72 Å². The highest BCUT2D eigenvalue weighted by Crippen LogP contribution is 2.27. The molecular weight excluding hydrogens is 220 g/mol. The molecule has 0 saturated carbocycles. The number of rotatable bonds is 8. The van der Waals surface area contributed by atoms with Gasteiger partial charge in [-0.2, -0.15) is 0 Å². The van der Waals surface area contributed by atoms with Crippen LogP contribution in [-0.2, 0) is 8.85 Å². The zero-order chi connectivity index (χ0) is 11.9. The lowest BCUT2D eigenvalue weighted by Crippen LogP contribution is -2.53. The Morgan fingerprint density at radius 2 is 1.81 bits per heavy atom. The maximum absolute atomic E-state index is 5.66. The van der Waals surface area contributed by atoms with E-state index in [4.69, 9.17) is 14.6 Å². The second-order valence-corrected chi connectivity index (χ2v) is 7.79. The molecule has 1 fully saturated rings. The minimum atomic E-state index is -1.97. The first kappa shape index (κ1) is 14.1. The summed E-state index contributed by atoms with van der Waals surface area (Å²) in [5.41, 5.74) is 5.48.